The smallest absolute Gasteiger partial charge is 0.408 e. The fraction of sp³-hybridized carbons (Fsp3) is 0.741. The first kappa shape index (κ1) is 29.8. The maximum absolute atomic E-state index is 12.1. The normalized spacial score (nSPS) is 14.6. The number of pyridine rings is 1. The monoisotopic (exact) mass is 506 g/mol. The molecule has 0 bridgehead atoms. The Hall–Kier alpha value is -2.39. The van der Waals surface area contributed by atoms with Gasteiger partial charge in [0, 0.05) is 32.4 Å². The van der Waals surface area contributed by atoms with Gasteiger partial charge in [0.25, 0.3) is 0 Å². The summed E-state index contributed by atoms with van der Waals surface area (Å²) in [6.07, 6.45) is 5.51. The van der Waals surface area contributed by atoms with Gasteiger partial charge in [-0.25, -0.2) is 14.6 Å². The van der Waals surface area contributed by atoms with Crippen LogP contribution in [0.1, 0.15) is 78.0 Å². The van der Waals surface area contributed by atoms with Crippen LogP contribution in [0.5, 0.6) is 0 Å². The van der Waals surface area contributed by atoms with Crippen LogP contribution in [0, 0.1) is 0 Å². The largest absolute Gasteiger partial charge is 0.480 e. The van der Waals surface area contributed by atoms with Gasteiger partial charge in [0.1, 0.15) is 17.5 Å². The molecular formula is C27H46N4O5. The lowest BCUT2D eigenvalue weighted by Crippen LogP contribution is -2.45. The van der Waals surface area contributed by atoms with E-state index >= 15 is 0 Å². The number of ether oxygens (including phenoxy) is 2. The number of fused-ring (bicyclic) bond motifs is 1. The molecule has 0 saturated heterocycles. The highest BCUT2D eigenvalue weighted by Gasteiger charge is 2.25. The van der Waals surface area contributed by atoms with Gasteiger partial charge in [0.05, 0.1) is 5.60 Å². The number of carboxylic acids is 1. The lowest BCUT2D eigenvalue weighted by atomic mass is 10.0. The molecule has 0 fully saturated rings. The Bertz CT molecular complexity index is 853. The van der Waals surface area contributed by atoms with Crippen LogP contribution < -0.4 is 10.6 Å². The van der Waals surface area contributed by atoms with E-state index in [1.54, 1.807) is 27.9 Å². The molecule has 0 aromatic carbocycles. The molecule has 36 heavy (non-hydrogen) atoms. The minimum Gasteiger partial charge on any atom is -0.480 e. The average molecular weight is 507 g/mol. The van der Waals surface area contributed by atoms with Gasteiger partial charge >= 0.3 is 12.1 Å². The summed E-state index contributed by atoms with van der Waals surface area (Å²) in [6.45, 7) is 12.5. The summed E-state index contributed by atoms with van der Waals surface area (Å²) in [5.41, 5.74) is 1.44. The van der Waals surface area contributed by atoms with Crippen LogP contribution in [0.15, 0.2) is 12.1 Å². The third kappa shape index (κ3) is 11.1. The summed E-state index contributed by atoms with van der Waals surface area (Å²) in [5.74, 6) is -0.0375. The van der Waals surface area contributed by atoms with E-state index < -0.39 is 23.7 Å². The number of aryl methyl sites for hydroxylation is 2. The molecule has 1 aromatic rings. The predicted octanol–water partition coefficient (Wildman–Crippen LogP) is 4.25. The summed E-state index contributed by atoms with van der Waals surface area (Å²) in [7, 11) is 1.70. The van der Waals surface area contributed by atoms with Gasteiger partial charge in [-0.3, -0.25) is 0 Å². The van der Waals surface area contributed by atoms with Crippen LogP contribution >= 0.6 is 0 Å². The van der Waals surface area contributed by atoms with E-state index in [-0.39, 0.29) is 5.60 Å². The van der Waals surface area contributed by atoms with Crippen molar-refractivity contribution >= 4 is 17.9 Å². The molecule has 0 radical (unpaired) electrons. The summed E-state index contributed by atoms with van der Waals surface area (Å²) >= 11 is 0. The Morgan fingerprint density at radius 2 is 1.92 bits per heavy atom. The number of carbonyl (C=O) groups is 2. The van der Waals surface area contributed by atoms with Crippen LogP contribution in [0.3, 0.4) is 0 Å². The summed E-state index contributed by atoms with van der Waals surface area (Å²) in [5, 5.41) is 15.5. The first-order valence-electron chi connectivity index (χ1n) is 13.1. The van der Waals surface area contributed by atoms with Crippen molar-refractivity contribution in [1.29, 1.82) is 0 Å². The molecule has 1 aromatic heterocycles. The number of aliphatic carboxylic acids is 1. The molecule has 1 aliphatic heterocycles. The molecule has 2 rings (SSSR count). The van der Waals surface area contributed by atoms with Gasteiger partial charge in [-0.15, -0.1) is 0 Å². The number of hydrogen-bond donors (Lipinski definition) is 3. The van der Waals surface area contributed by atoms with Crippen molar-refractivity contribution in [3.8, 4) is 0 Å². The molecule has 2 heterocycles. The van der Waals surface area contributed by atoms with Crippen LogP contribution in [0.25, 0.3) is 0 Å². The quantitative estimate of drug-likeness (QED) is 0.321. The van der Waals surface area contributed by atoms with E-state index in [9.17, 15) is 14.7 Å². The van der Waals surface area contributed by atoms with E-state index in [0.29, 0.717) is 13.0 Å². The highest BCUT2D eigenvalue weighted by atomic mass is 16.6. The maximum Gasteiger partial charge on any atom is 0.408 e. The van der Waals surface area contributed by atoms with Gasteiger partial charge in [-0.05, 0) is 97.7 Å². The van der Waals surface area contributed by atoms with Crippen molar-refractivity contribution in [2.75, 3.05) is 38.6 Å². The number of carboxylic acid groups (broad SMARTS) is 1. The number of nitrogens with zero attached hydrogens (tertiary/aromatic N) is 2. The lowest BCUT2D eigenvalue weighted by molar-refractivity contribution is -0.139. The summed E-state index contributed by atoms with van der Waals surface area (Å²) in [4.78, 5) is 30.9. The standard InChI is InChI=1S/C27H46N4O5/c1-26(2,3)36-25(34)30-22(24(32)33)14-18-31(19-15-27(4,5)35-6)17-8-7-11-21-13-12-20-10-9-16-28-23(20)29-21/h12-13,22H,7-11,14-19H2,1-6H3,(H,28,29)(H,30,34)(H,32,33). The first-order chi connectivity index (χ1) is 16.9. The number of alkyl carbamates (subject to hydrolysis) is 1. The van der Waals surface area contributed by atoms with E-state index in [1.165, 1.54) is 5.56 Å². The van der Waals surface area contributed by atoms with E-state index in [2.05, 4.69) is 27.7 Å². The Balaban J connectivity index is 1.89. The zero-order valence-electron chi connectivity index (χ0n) is 23.0. The second-order valence-electron chi connectivity index (χ2n) is 11.2. The zero-order chi connectivity index (χ0) is 26.8. The third-order valence-electron chi connectivity index (χ3n) is 6.41. The summed E-state index contributed by atoms with van der Waals surface area (Å²) < 4.78 is 10.8. The van der Waals surface area contributed by atoms with Crippen molar-refractivity contribution in [3.05, 3.63) is 23.4 Å². The molecule has 0 spiro atoms. The minimum absolute atomic E-state index is 0.265. The number of rotatable bonds is 14. The van der Waals surface area contributed by atoms with E-state index in [1.807, 2.05) is 13.8 Å². The topological polar surface area (TPSA) is 113 Å². The Labute approximate surface area is 216 Å². The van der Waals surface area contributed by atoms with Crippen molar-refractivity contribution in [3.63, 3.8) is 0 Å². The molecule has 1 unspecified atom stereocenters. The predicted molar refractivity (Wildman–Crippen MR) is 142 cm³/mol. The Kier molecular flexibility index (Phi) is 11.4. The number of nitrogens with one attached hydrogen (secondary N) is 2. The summed E-state index contributed by atoms with van der Waals surface area (Å²) in [6, 6.07) is 3.31. The van der Waals surface area contributed by atoms with Gasteiger partial charge in [0.2, 0.25) is 0 Å². The maximum atomic E-state index is 12.1. The van der Waals surface area contributed by atoms with Gasteiger partial charge in [-0.1, -0.05) is 6.07 Å². The fourth-order valence-corrected chi connectivity index (χ4v) is 4.03. The molecule has 0 saturated carbocycles. The van der Waals surface area contributed by atoms with Gasteiger partial charge < -0.3 is 30.1 Å². The van der Waals surface area contributed by atoms with Gasteiger partial charge in [0.15, 0.2) is 0 Å². The third-order valence-corrected chi connectivity index (χ3v) is 6.41. The number of anilines is 1. The number of unbranched alkanes of at least 4 members (excludes halogenated alkanes) is 1. The second kappa shape index (κ2) is 13.8. The van der Waals surface area contributed by atoms with Crippen molar-refractivity contribution in [2.24, 2.45) is 0 Å². The molecule has 9 nitrogen and oxygen atoms in total. The number of hydrogen-bond acceptors (Lipinski definition) is 7. The van der Waals surface area contributed by atoms with Crippen molar-refractivity contribution in [2.45, 2.75) is 96.8 Å². The highest BCUT2D eigenvalue weighted by molar-refractivity contribution is 5.80. The zero-order valence-corrected chi connectivity index (χ0v) is 23.0. The van der Waals surface area contributed by atoms with Crippen LogP contribution in [0.4, 0.5) is 10.6 Å². The highest BCUT2D eigenvalue weighted by Crippen LogP contribution is 2.20. The van der Waals surface area contributed by atoms with E-state index in [0.717, 1.165) is 69.7 Å². The molecule has 3 N–H and O–H groups in total. The number of aromatic nitrogens is 1. The van der Waals surface area contributed by atoms with Crippen LogP contribution in [-0.4, -0.2) is 77.6 Å². The fourth-order valence-electron chi connectivity index (χ4n) is 4.03. The molecule has 1 aliphatic rings. The molecule has 0 aliphatic carbocycles. The van der Waals surface area contributed by atoms with E-state index in [4.69, 9.17) is 14.5 Å². The Morgan fingerprint density at radius 3 is 2.58 bits per heavy atom. The number of carbonyl (C=O) groups excluding carboxylic acids is 1. The molecular weight excluding hydrogens is 460 g/mol. The van der Waals surface area contributed by atoms with Crippen LogP contribution in [0.2, 0.25) is 0 Å². The van der Waals surface area contributed by atoms with Crippen molar-refractivity contribution < 1.29 is 24.2 Å². The van der Waals surface area contributed by atoms with Gasteiger partial charge in [-0.2, -0.15) is 0 Å². The molecule has 9 heteroatoms. The minimum atomic E-state index is -1.06. The number of methoxy groups -OCH3 is 1. The van der Waals surface area contributed by atoms with Crippen LogP contribution in [-0.2, 0) is 27.1 Å². The first-order valence-corrected chi connectivity index (χ1v) is 13.1. The molecule has 204 valence electrons. The molecule has 1 atom stereocenters. The number of amides is 1. The van der Waals surface area contributed by atoms with Crippen molar-refractivity contribution in [1.82, 2.24) is 15.2 Å². The second-order valence-corrected chi connectivity index (χ2v) is 11.2. The average Bonchev–Trinajstić information content (AvgIpc) is 2.80. The lowest BCUT2D eigenvalue weighted by Gasteiger charge is -2.29. The Morgan fingerprint density at radius 1 is 1.17 bits per heavy atom. The SMILES string of the molecule is COC(C)(C)CCN(CCCCc1ccc2c(n1)NCCC2)CCC(NC(=O)OC(C)(C)C)C(=O)O. The molecule has 1 amide bonds.